The Bertz CT molecular complexity index is 1440. The quantitative estimate of drug-likeness (QED) is 0.406. The molecule has 156 valence electrons. The van der Waals surface area contributed by atoms with E-state index in [1.54, 1.807) is 18.5 Å². The number of carboxylic acid groups (broad SMARTS) is 1. The van der Waals surface area contributed by atoms with Gasteiger partial charge in [-0.1, -0.05) is 42.5 Å². The highest BCUT2D eigenvalue weighted by atomic mass is 19.1. The Hall–Kier alpha value is -4.32. The molecule has 5 rings (SSSR count). The number of rotatable bonds is 5. The van der Waals surface area contributed by atoms with Crippen LogP contribution in [-0.4, -0.2) is 25.4 Å². The van der Waals surface area contributed by atoms with Gasteiger partial charge in [0.05, 0.1) is 24.0 Å². The van der Waals surface area contributed by atoms with Crippen molar-refractivity contribution in [1.82, 2.24) is 14.4 Å². The van der Waals surface area contributed by atoms with E-state index >= 15 is 0 Å². The van der Waals surface area contributed by atoms with Crippen LogP contribution in [0.2, 0.25) is 0 Å². The number of hydrogen-bond acceptors (Lipinski definition) is 3. The van der Waals surface area contributed by atoms with E-state index in [1.807, 2.05) is 65.2 Å². The van der Waals surface area contributed by atoms with Crippen LogP contribution in [-0.2, 0) is 11.2 Å². The molecule has 0 aliphatic carbocycles. The van der Waals surface area contributed by atoms with Crippen molar-refractivity contribution >= 4 is 11.6 Å². The van der Waals surface area contributed by atoms with Gasteiger partial charge in [0.2, 0.25) is 0 Å². The zero-order valence-corrected chi connectivity index (χ0v) is 16.9. The molecule has 0 saturated carbocycles. The second-order valence-corrected chi connectivity index (χ2v) is 7.46. The largest absolute Gasteiger partial charge is 0.481 e. The third-order valence-electron chi connectivity index (χ3n) is 5.37. The minimum absolute atomic E-state index is 0.164. The standard InChI is InChI=1S/C26H18FN3O2/c27-22-12-18(6-7-20(22)15-26(31)32)19-9-11-30-24(16-29-25(30)14-19)21-8-10-28-23(13-21)17-4-2-1-3-5-17/h1-14,16H,15H2,(H,31,32). The number of carbonyl (C=O) groups is 1. The molecule has 3 heterocycles. The van der Waals surface area contributed by atoms with Crippen molar-refractivity contribution in [2.45, 2.75) is 6.42 Å². The van der Waals surface area contributed by atoms with E-state index in [1.165, 1.54) is 12.1 Å². The number of aromatic nitrogens is 3. The number of benzene rings is 2. The molecule has 5 aromatic rings. The van der Waals surface area contributed by atoms with E-state index < -0.39 is 11.8 Å². The molecule has 5 nitrogen and oxygen atoms in total. The second-order valence-electron chi connectivity index (χ2n) is 7.46. The molecule has 0 spiro atoms. The monoisotopic (exact) mass is 423 g/mol. The van der Waals surface area contributed by atoms with Gasteiger partial charge in [-0.05, 0) is 47.0 Å². The zero-order valence-electron chi connectivity index (χ0n) is 16.9. The SMILES string of the molecule is O=C(O)Cc1ccc(-c2ccn3c(-c4ccnc(-c5ccccc5)c4)cnc3c2)cc1F. The van der Waals surface area contributed by atoms with Crippen LogP contribution in [0.15, 0.2) is 91.4 Å². The van der Waals surface area contributed by atoms with Gasteiger partial charge in [-0.2, -0.15) is 0 Å². The summed E-state index contributed by atoms with van der Waals surface area (Å²) in [5.74, 6) is -1.59. The smallest absolute Gasteiger partial charge is 0.307 e. The van der Waals surface area contributed by atoms with Gasteiger partial charge in [-0.15, -0.1) is 0 Å². The number of fused-ring (bicyclic) bond motifs is 1. The molecule has 6 heteroatoms. The summed E-state index contributed by atoms with van der Waals surface area (Å²) in [4.78, 5) is 19.9. The average Bonchev–Trinajstić information content (AvgIpc) is 3.24. The highest BCUT2D eigenvalue weighted by molar-refractivity contribution is 5.74. The van der Waals surface area contributed by atoms with Crippen molar-refractivity contribution < 1.29 is 14.3 Å². The molecule has 1 N–H and O–H groups in total. The number of halogens is 1. The van der Waals surface area contributed by atoms with Crippen LogP contribution in [0.5, 0.6) is 0 Å². The lowest BCUT2D eigenvalue weighted by atomic mass is 10.0. The predicted molar refractivity (Wildman–Crippen MR) is 121 cm³/mol. The summed E-state index contributed by atoms with van der Waals surface area (Å²) in [5, 5.41) is 8.89. The molecule has 2 aromatic carbocycles. The molecular formula is C26H18FN3O2. The van der Waals surface area contributed by atoms with Gasteiger partial charge in [0, 0.05) is 23.5 Å². The Morgan fingerprint density at radius 2 is 1.69 bits per heavy atom. The summed E-state index contributed by atoms with van der Waals surface area (Å²) in [6.07, 6.45) is 5.15. The first-order valence-electron chi connectivity index (χ1n) is 10.1. The van der Waals surface area contributed by atoms with Crippen molar-refractivity contribution in [2.75, 3.05) is 0 Å². The lowest BCUT2D eigenvalue weighted by molar-refractivity contribution is -0.136. The van der Waals surface area contributed by atoms with Gasteiger partial charge >= 0.3 is 5.97 Å². The van der Waals surface area contributed by atoms with Crippen LogP contribution < -0.4 is 0 Å². The van der Waals surface area contributed by atoms with E-state index in [-0.39, 0.29) is 12.0 Å². The van der Waals surface area contributed by atoms with Crippen molar-refractivity contribution in [3.8, 4) is 33.6 Å². The van der Waals surface area contributed by atoms with E-state index in [4.69, 9.17) is 5.11 Å². The summed E-state index contributed by atoms with van der Waals surface area (Å²) in [6.45, 7) is 0. The lowest BCUT2D eigenvalue weighted by Crippen LogP contribution is -2.02. The Morgan fingerprint density at radius 3 is 2.47 bits per heavy atom. The van der Waals surface area contributed by atoms with Gasteiger partial charge in [0.1, 0.15) is 11.5 Å². The number of imidazole rings is 1. The fourth-order valence-corrected chi connectivity index (χ4v) is 3.76. The maximum atomic E-state index is 14.3. The molecule has 0 fully saturated rings. The number of hydrogen-bond donors (Lipinski definition) is 1. The maximum Gasteiger partial charge on any atom is 0.307 e. The first-order valence-corrected chi connectivity index (χ1v) is 10.1. The Balaban J connectivity index is 1.50. The van der Waals surface area contributed by atoms with E-state index in [9.17, 15) is 9.18 Å². The van der Waals surface area contributed by atoms with E-state index in [0.717, 1.165) is 33.7 Å². The summed E-state index contributed by atoms with van der Waals surface area (Å²) in [7, 11) is 0. The summed E-state index contributed by atoms with van der Waals surface area (Å²) in [5.41, 5.74) is 6.19. The van der Waals surface area contributed by atoms with Crippen LogP contribution in [0.1, 0.15) is 5.56 Å². The summed E-state index contributed by atoms with van der Waals surface area (Å²) in [6, 6.07) is 22.3. The van der Waals surface area contributed by atoms with Crippen LogP contribution >= 0.6 is 0 Å². The molecule has 0 aliphatic heterocycles. The first-order chi connectivity index (χ1) is 15.6. The Labute approximate surface area is 183 Å². The fourth-order valence-electron chi connectivity index (χ4n) is 3.76. The van der Waals surface area contributed by atoms with Gasteiger partial charge in [-0.25, -0.2) is 9.37 Å². The minimum Gasteiger partial charge on any atom is -0.481 e. The first kappa shape index (κ1) is 19.6. The molecule has 0 bridgehead atoms. The average molecular weight is 423 g/mol. The number of nitrogens with zero attached hydrogens (tertiary/aromatic N) is 3. The van der Waals surface area contributed by atoms with Crippen LogP contribution in [0, 0.1) is 5.82 Å². The van der Waals surface area contributed by atoms with Crippen molar-refractivity contribution in [3.05, 3.63) is 103 Å². The molecular weight excluding hydrogens is 405 g/mol. The normalized spacial score (nSPS) is 11.0. The molecule has 0 unspecified atom stereocenters. The number of carboxylic acids is 1. The Kier molecular flexibility index (Phi) is 4.95. The number of aliphatic carboxylic acids is 1. The minimum atomic E-state index is -1.06. The summed E-state index contributed by atoms with van der Waals surface area (Å²) >= 11 is 0. The third kappa shape index (κ3) is 3.74. The molecule has 3 aromatic heterocycles. The molecule has 32 heavy (non-hydrogen) atoms. The zero-order chi connectivity index (χ0) is 22.1. The van der Waals surface area contributed by atoms with E-state index in [2.05, 4.69) is 9.97 Å². The topological polar surface area (TPSA) is 67.5 Å². The fraction of sp³-hybridized carbons (Fsp3) is 0.0385. The van der Waals surface area contributed by atoms with Gasteiger partial charge in [-0.3, -0.25) is 14.2 Å². The van der Waals surface area contributed by atoms with Gasteiger partial charge in [0.15, 0.2) is 0 Å². The van der Waals surface area contributed by atoms with Crippen molar-refractivity contribution in [3.63, 3.8) is 0 Å². The lowest BCUT2D eigenvalue weighted by Gasteiger charge is -2.08. The van der Waals surface area contributed by atoms with Crippen LogP contribution in [0.3, 0.4) is 0 Å². The molecule has 0 saturated heterocycles. The van der Waals surface area contributed by atoms with E-state index in [0.29, 0.717) is 5.56 Å². The van der Waals surface area contributed by atoms with Crippen LogP contribution in [0.25, 0.3) is 39.3 Å². The molecule has 0 aliphatic rings. The maximum absolute atomic E-state index is 14.3. The number of pyridine rings is 2. The van der Waals surface area contributed by atoms with Gasteiger partial charge in [0.25, 0.3) is 0 Å². The van der Waals surface area contributed by atoms with Gasteiger partial charge < -0.3 is 5.11 Å². The molecule has 0 atom stereocenters. The highest BCUT2D eigenvalue weighted by Gasteiger charge is 2.12. The Morgan fingerprint density at radius 1 is 0.875 bits per heavy atom. The van der Waals surface area contributed by atoms with Crippen LogP contribution in [0.4, 0.5) is 4.39 Å². The second kappa shape index (κ2) is 8.07. The molecule has 0 radical (unpaired) electrons. The highest BCUT2D eigenvalue weighted by Crippen LogP contribution is 2.28. The predicted octanol–water partition coefficient (Wildman–Crippen LogP) is 5.50. The van der Waals surface area contributed by atoms with Crippen molar-refractivity contribution in [1.29, 1.82) is 0 Å². The third-order valence-corrected chi connectivity index (χ3v) is 5.37. The summed E-state index contributed by atoms with van der Waals surface area (Å²) < 4.78 is 16.3. The molecule has 0 amide bonds. The van der Waals surface area contributed by atoms with Crippen molar-refractivity contribution in [2.24, 2.45) is 0 Å².